The molecule has 0 amide bonds. The molecule has 0 saturated heterocycles. The molecule has 0 heterocycles. The first kappa shape index (κ1) is 51.6. The van der Waals surface area contributed by atoms with Gasteiger partial charge in [0.15, 0.2) is 0 Å². The first-order chi connectivity index (χ1) is 29.0. The molecular formula is C42H58IN11O6. The molecule has 0 atom stereocenters. The van der Waals surface area contributed by atoms with Gasteiger partial charge in [0.1, 0.15) is 11.4 Å². The van der Waals surface area contributed by atoms with E-state index in [0.717, 1.165) is 54.4 Å². The Bertz CT molecular complexity index is 1910. The molecule has 0 spiro atoms. The zero-order valence-corrected chi connectivity index (χ0v) is 36.2. The van der Waals surface area contributed by atoms with Gasteiger partial charge in [-0.25, -0.2) is 4.84 Å². The smallest absolute Gasteiger partial charge is 0.292 e. The van der Waals surface area contributed by atoms with Crippen LogP contribution in [0.25, 0.3) is 5.53 Å². The number of halogens is 1. The molecular weight excluding hydrogens is 881 g/mol. The standard InChI is InChI=1S/C15H17N5O3.C15H20N4.C6H6N2O2.C4H9I.C2H6O/c16-19-23-15-9-4-2-7-13(15)18-11-5-10-17-12-6-1-3-8-14(12)20(21)22;16-12-6-1-3-8-14(12)18-10-5-11-19-15-9-4-2-7-13(15)17;7-5-3-1-2-4-6(5)8(9)10;1-2-3-4-5;1-2-3/h1-4,6-9,17-19H,5,10-11H2;1-4,6-9,18-19H,5,10-11,16-17H2;1-4H,7H2;2-4H2,1H3;3H,2H2,1H3. The number of benzene rings is 5. The number of hydrogen-bond donors (Lipinski definition) is 9. The Balaban J connectivity index is 0.000000433. The number of hydrogen-bond acceptors (Lipinski definition) is 13. The van der Waals surface area contributed by atoms with Crippen molar-refractivity contribution >= 4 is 73.8 Å². The first-order valence-electron chi connectivity index (χ1n) is 19.2. The van der Waals surface area contributed by atoms with Gasteiger partial charge in [-0.3, -0.25) is 20.2 Å². The van der Waals surface area contributed by atoms with Gasteiger partial charge in [0.25, 0.3) is 11.4 Å². The summed E-state index contributed by atoms with van der Waals surface area (Å²) < 4.78 is 1.31. The predicted molar refractivity (Wildman–Crippen MR) is 253 cm³/mol. The summed E-state index contributed by atoms with van der Waals surface area (Å²) in [6.45, 7) is 7.10. The number of aliphatic hydroxyl groups is 1. The lowest BCUT2D eigenvalue weighted by atomic mass is 10.2. The monoisotopic (exact) mass is 939 g/mol. The molecule has 0 aliphatic heterocycles. The highest BCUT2D eigenvalue weighted by Gasteiger charge is 2.11. The van der Waals surface area contributed by atoms with E-state index in [-0.39, 0.29) is 23.7 Å². The SMILES string of the molecule is CCCCI.CCO.Nc1ccccc1NCCCNc1ccccc1N.Nc1ccccc1[N+](=O)[O-].[N-]=[NH+]Oc1ccccc1NCCCNc1ccccc1[N+](=O)[O-]. The molecule has 60 heavy (non-hydrogen) atoms. The van der Waals surface area contributed by atoms with Crippen LogP contribution >= 0.6 is 22.6 Å². The minimum Gasteiger partial charge on any atom is -0.452 e. The van der Waals surface area contributed by atoms with Crippen LogP contribution in [0.15, 0.2) is 121 Å². The second kappa shape index (κ2) is 32.5. The van der Waals surface area contributed by atoms with Crippen LogP contribution in [0.2, 0.25) is 0 Å². The molecule has 324 valence electrons. The second-order valence-corrected chi connectivity index (χ2v) is 13.3. The predicted octanol–water partition coefficient (Wildman–Crippen LogP) is 8.07. The summed E-state index contributed by atoms with van der Waals surface area (Å²) in [7, 11) is 0. The van der Waals surface area contributed by atoms with E-state index in [1.165, 1.54) is 35.5 Å². The molecule has 0 aliphatic rings. The lowest BCUT2D eigenvalue weighted by Gasteiger charge is -2.11. The van der Waals surface area contributed by atoms with Crippen LogP contribution in [-0.4, -0.2) is 52.2 Å². The molecule has 0 unspecified atom stereocenters. The molecule has 0 bridgehead atoms. The summed E-state index contributed by atoms with van der Waals surface area (Å²) >= 11 is 2.39. The second-order valence-electron chi connectivity index (χ2n) is 12.2. The number of unbranched alkanes of at least 4 members (excludes halogenated alkanes) is 1. The Morgan fingerprint density at radius 3 is 1.35 bits per heavy atom. The fourth-order valence-electron chi connectivity index (χ4n) is 4.71. The lowest BCUT2D eigenvalue weighted by molar-refractivity contribution is -0.722. The number of para-hydroxylation sites is 10. The molecule has 5 aromatic rings. The number of nitrogens with one attached hydrogen (secondary N) is 5. The number of nitro benzene ring substituents is 2. The van der Waals surface area contributed by atoms with Crippen molar-refractivity contribution in [2.75, 3.05) is 75.7 Å². The van der Waals surface area contributed by atoms with Crippen LogP contribution in [0, 0.1) is 20.2 Å². The Morgan fingerprint density at radius 1 is 0.600 bits per heavy atom. The van der Waals surface area contributed by atoms with E-state index in [2.05, 4.69) is 50.8 Å². The summed E-state index contributed by atoms with van der Waals surface area (Å²) in [5, 5.41) is 43.1. The third-order valence-electron chi connectivity index (χ3n) is 7.65. The van der Waals surface area contributed by atoms with Crippen molar-refractivity contribution < 1.29 is 25.1 Å². The van der Waals surface area contributed by atoms with E-state index < -0.39 is 9.85 Å². The maximum Gasteiger partial charge on any atom is 0.292 e. The number of nitrogens with zero attached hydrogens (tertiary/aromatic N) is 3. The van der Waals surface area contributed by atoms with Crippen molar-refractivity contribution in [2.45, 2.75) is 39.5 Å². The van der Waals surface area contributed by atoms with E-state index in [4.69, 9.17) is 32.7 Å². The van der Waals surface area contributed by atoms with E-state index in [1.54, 1.807) is 54.7 Å². The summed E-state index contributed by atoms with van der Waals surface area (Å²) in [6.07, 6.45) is 4.44. The van der Waals surface area contributed by atoms with E-state index in [1.807, 2.05) is 60.7 Å². The molecule has 0 aliphatic carbocycles. The number of rotatable bonds is 18. The molecule has 0 fully saturated rings. The van der Waals surface area contributed by atoms with Crippen LogP contribution in [0.5, 0.6) is 5.75 Å². The molecule has 12 N–H and O–H groups in total. The highest BCUT2D eigenvalue weighted by Crippen LogP contribution is 2.24. The molecule has 0 saturated carbocycles. The quantitative estimate of drug-likeness (QED) is 0.00765. The fraction of sp³-hybridized carbons (Fsp3) is 0.286. The Kier molecular flexibility index (Phi) is 28.0. The van der Waals surface area contributed by atoms with Crippen LogP contribution in [0.1, 0.15) is 39.5 Å². The number of anilines is 7. The van der Waals surface area contributed by atoms with E-state index >= 15 is 0 Å². The molecule has 18 heteroatoms. The first-order valence-corrected chi connectivity index (χ1v) is 20.7. The number of alkyl halides is 1. The summed E-state index contributed by atoms with van der Waals surface area (Å²) in [4.78, 5) is 25.0. The Hall–Kier alpha value is -6.41. The van der Waals surface area contributed by atoms with Gasteiger partial charge < -0.3 is 49.1 Å². The average Bonchev–Trinajstić information content (AvgIpc) is 3.24. The van der Waals surface area contributed by atoms with Gasteiger partial charge in [-0.05, 0) is 79.1 Å². The number of nitro groups is 2. The van der Waals surface area contributed by atoms with Crippen molar-refractivity contribution in [3.63, 3.8) is 0 Å². The molecule has 5 aromatic carbocycles. The topological polar surface area (TPSA) is 278 Å². The van der Waals surface area contributed by atoms with Crippen molar-refractivity contribution in [1.29, 1.82) is 0 Å². The van der Waals surface area contributed by atoms with Crippen molar-refractivity contribution in [2.24, 2.45) is 0 Å². The third kappa shape index (κ3) is 21.9. The highest BCUT2D eigenvalue weighted by atomic mass is 127. The van der Waals surface area contributed by atoms with Crippen LogP contribution in [-0.2, 0) is 0 Å². The fourth-order valence-corrected chi connectivity index (χ4v) is 5.47. The lowest BCUT2D eigenvalue weighted by Crippen LogP contribution is -2.66. The van der Waals surface area contributed by atoms with Crippen molar-refractivity contribution in [3.05, 3.63) is 147 Å². The molecule has 17 nitrogen and oxygen atoms in total. The maximum atomic E-state index is 10.9. The highest BCUT2D eigenvalue weighted by molar-refractivity contribution is 14.1. The van der Waals surface area contributed by atoms with Crippen molar-refractivity contribution in [1.82, 2.24) is 0 Å². The maximum absolute atomic E-state index is 10.9. The third-order valence-corrected chi connectivity index (χ3v) is 8.42. The van der Waals surface area contributed by atoms with Gasteiger partial charge in [-0.15, -0.1) is 5.28 Å². The number of nitrogens with two attached hydrogens (primary N) is 3. The minimum absolute atomic E-state index is 0.0394. The van der Waals surface area contributed by atoms with Crippen LogP contribution < -0.4 is 48.6 Å². The normalized spacial score (nSPS) is 9.53. The largest absolute Gasteiger partial charge is 0.452 e. The number of nitrogen functional groups attached to an aromatic ring is 3. The Labute approximate surface area is 365 Å². The van der Waals surface area contributed by atoms with Gasteiger partial charge in [0.05, 0.1) is 38.3 Å². The molecule has 5 rings (SSSR count). The van der Waals surface area contributed by atoms with E-state index in [0.29, 0.717) is 24.5 Å². The zero-order valence-electron chi connectivity index (χ0n) is 34.1. The van der Waals surface area contributed by atoms with Gasteiger partial charge in [-0.1, -0.05) is 96.6 Å². The summed E-state index contributed by atoms with van der Waals surface area (Å²) in [6, 6.07) is 35.4. The summed E-state index contributed by atoms with van der Waals surface area (Å²) in [5.74, 6) is 0.474. The molecule has 0 radical (unpaired) electrons. The average molecular weight is 940 g/mol. The number of aliphatic hydroxyl groups excluding tert-OH is 1. The van der Waals surface area contributed by atoms with Crippen LogP contribution in [0.3, 0.4) is 0 Å². The molecule has 0 aromatic heterocycles. The van der Waals surface area contributed by atoms with Gasteiger partial charge in [0, 0.05) is 44.9 Å². The summed E-state index contributed by atoms with van der Waals surface area (Å²) in [5.41, 5.74) is 30.6. The zero-order chi connectivity index (χ0) is 44.4. The minimum atomic E-state index is -0.505. The van der Waals surface area contributed by atoms with E-state index in [9.17, 15) is 20.2 Å². The van der Waals surface area contributed by atoms with Gasteiger partial charge in [0.2, 0.25) is 5.75 Å². The van der Waals surface area contributed by atoms with Crippen molar-refractivity contribution in [3.8, 4) is 5.75 Å². The Morgan fingerprint density at radius 2 is 0.967 bits per heavy atom. The van der Waals surface area contributed by atoms with Gasteiger partial charge in [-0.2, -0.15) is 0 Å². The van der Waals surface area contributed by atoms with Crippen LogP contribution in [0.4, 0.5) is 51.2 Å². The van der Waals surface area contributed by atoms with Gasteiger partial charge >= 0.3 is 0 Å².